The van der Waals surface area contributed by atoms with Crippen molar-refractivity contribution in [2.24, 2.45) is 5.41 Å². The van der Waals surface area contributed by atoms with Gasteiger partial charge in [0.2, 0.25) is 5.91 Å². The van der Waals surface area contributed by atoms with Crippen molar-refractivity contribution in [3.05, 3.63) is 23.1 Å². The third-order valence-corrected chi connectivity index (χ3v) is 8.67. The van der Waals surface area contributed by atoms with Crippen LogP contribution in [0.5, 0.6) is 0 Å². The van der Waals surface area contributed by atoms with Crippen LogP contribution < -0.4 is 0 Å². The predicted octanol–water partition coefficient (Wildman–Crippen LogP) is 3.29. The zero-order chi connectivity index (χ0) is 23.7. The van der Waals surface area contributed by atoms with Crippen LogP contribution in [-0.2, 0) is 19.0 Å². The summed E-state index contributed by atoms with van der Waals surface area (Å²) in [4.78, 5) is 32.6. The fourth-order valence-electron chi connectivity index (χ4n) is 6.75. The summed E-state index contributed by atoms with van der Waals surface area (Å²) in [7, 11) is 1.73. The number of amides is 2. The van der Waals surface area contributed by atoms with Gasteiger partial charge in [0.1, 0.15) is 0 Å². The Labute approximate surface area is 202 Å². The molecule has 0 bridgehead atoms. The molecule has 5 rings (SSSR count). The van der Waals surface area contributed by atoms with Crippen LogP contribution in [-0.4, -0.2) is 91.9 Å². The van der Waals surface area contributed by atoms with Crippen molar-refractivity contribution in [1.29, 1.82) is 0 Å². The van der Waals surface area contributed by atoms with Gasteiger partial charge in [-0.2, -0.15) is 0 Å². The highest BCUT2D eigenvalue weighted by molar-refractivity contribution is 5.92. The van der Waals surface area contributed by atoms with E-state index in [-0.39, 0.29) is 17.6 Å². The molecule has 3 fully saturated rings. The second kappa shape index (κ2) is 9.90. The van der Waals surface area contributed by atoms with Gasteiger partial charge in [0, 0.05) is 63.6 Å². The van der Waals surface area contributed by atoms with E-state index in [0.29, 0.717) is 31.8 Å². The van der Waals surface area contributed by atoms with Gasteiger partial charge < -0.3 is 28.9 Å². The smallest absolute Gasteiger partial charge is 0.409 e. The van der Waals surface area contributed by atoms with E-state index in [0.717, 1.165) is 89.0 Å². The molecule has 0 saturated carbocycles. The zero-order valence-electron chi connectivity index (χ0n) is 20.7. The van der Waals surface area contributed by atoms with E-state index in [1.807, 2.05) is 11.8 Å². The average molecular weight is 474 g/mol. The SMILES string of the molecule is CCOC(=O)N1CCC(N2CCC(N3C(=O)C4(CCOCC4)C4=C3C=C(OC)CC4)CC2)CC1. The predicted molar refractivity (Wildman–Crippen MR) is 127 cm³/mol. The van der Waals surface area contributed by atoms with Crippen LogP contribution >= 0.6 is 0 Å². The molecule has 2 amide bonds. The summed E-state index contributed by atoms with van der Waals surface area (Å²) in [6.07, 6.45) is 9.30. The van der Waals surface area contributed by atoms with Gasteiger partial charge in [-0.25, -0.2) is 4.79 Å². The number of allylic oxidation sites excluding steroid dienone is 2. The number of nitrogens with zero attached hydrogens (tertiary/aromatic N) is 3. The second-order valence-electron chi connectivity index (χ2n) is 10.2. The van der Waals surface area contributed by atoms with Gasteiger partial charge in [0.05, 0.1) is 24.9 Å². The highest BCUT2D eigenvalue weighted by Gasteiger charge is 2.54. The van der Waals surface area contributed by atoms with Crippen LogP contribution in [0.3, 0.4) is 0 Å². The number of rotatable bonds is 4. The Bertz CT molecular complexity index is 846. The van der Waals surface area contributed by atoms with E-state index >= 15 is 0 Å². The second-order valence-corrected chi connectivity index (χ2v) is 10.2. The first-order chi connectivity index (χ1) is 16.6. The first-order valence-corrected chi connectivity index (χ1v) is 13.1. The van der Waals surface area contributed by atoms with Crippen LogP contribution in [0.25, 0.3) is 0 Å². The molecule has 0 unspecified atom stereocenters. The molecule has 188 valence electrons. The number of methoxy groups -OCH3 is 1. The molecule has 34 heavy (non-hydrogen) atoms. The summed E-state index contributed by atoms with van der Waals surface area (Å²) in [5.41, 5.74) is 2.09. The van der Waals surface area contributed by atoms with E-state index in [1.54, 1.807) is 7.11 Å². The molecule has 4 heterocycles. The summed E-state index contributed by atoms with van der Waals surface area (Å²) in [6.45, 7) is 7.13. The maximum Gasteiger partial charge on any atom is 0.409 e. The minimum absolute atomic E-state index is 0.186. The number of hydrogen-bond donors (Lipinski definition) is 0. The normalized spacial score (nSPS) is 26.6. The molecule has 4 aliphatic heterocycles. The van der Waals surface area contributed by atoms with Crippen molar-refractivity contribution >= 4 is 12.0 Å². The molecule has 3 saturated heterocycles. The lowest BCUT2D eigenvalue weighted by molar-refractivity contribution is -0.142. The van der Waals surface area contributed by atoms with Gasteiger partial charge in [-0.05, 0) is 63.5 Å². The number of carbonyl (C=O) groups is 2. The molecule has 0 aromatic carbocycles. The molecule has 5 aliphatic rings. The average Bonchev–Trinajstić information content (AvgIpc) is 3.11. The summed E-state index contributed by atoms with van der Waals surface area (Å²) >= 11 is 0. The molecule has 1 spiro atoms. The van der Waals surface area contributed by atoms with Crippen molar-refractivity contribution in [2.45, 2.75) is 70.4 Å². The Morgan fingerprint density at radius 1 is 1.06 bits per heavy atom. The highest BCUT2D eigenvalue weighted by Crippen LogP contribution is 2.52. The Hall–Kier alpha value is -2.06. The van der Waals surface area contributed by atoms with Gasteiger partial charge in [-0.3, -0.25) is 4.79 Å². The Balaban J connectivity index is 1.25. The van der Waals surface area contributed by atoms with E-state index in [2.05, 4.69) is 15.9 Å². The number of carbonyl (C=O) groups excluding carboxylic acids is 2. The third kappa shape index (κ3) is 4.13. The van der Waals surface area contributed by atoms with Gasteiger partial charge >= 0.3 is 6.09 Å². The lowest BCUT2D eigenvalue weighted by Crippen LogP contribution is -2.53. The maximum absolute atomic E-state index is 14.0. The van der Waals surface area contributed by atoms with E-state index in [1.165, 1.54) is 5.57 Å². The number of likely N-dealkylation sites (tertiary alicyclic amines) is 2. The minimum atomic E-state index is -0.361. The first kappa shape index (κ1) is 23.7. The fraction of sp³-hybridized carbons (Fsp3) is 0.769. The third-order valence-electron chi connectivity index (χ3n) is 8.67. The molecule has 1 aliphatic carbocycles. The van der Waals surface area contributed by atoms with Crippen molar-refractivity contribution in [1.82, 2.24) is 14.7 Å². The standard InChI is InChI=1S/C26H39N3O5/c1-3-34-25(31)28-14-6-19(7-15-28)27-12-8-20(9-13-27)29-23-18-21(32-2)4-5-22(23)26(24(29)30)10-16-33-17-11-26/h18-20H,3-17H2,1-2H3. The lowest BCUT2D eigenvalue weighted by atomic mass is 9.72. The summed E-state index contributed by atoms with van der Waals surface area (Å²) < 4.78 is 16.4. The highest BCUT2D eigenvalue weighted by atomic mass is 16.6. The number of ether oxygens (including phenoxy) is 3. The van der Waals surface area contributed by atoms with Crippen LogP contribution in [0.1, 0.15) is 58.3 Å². The molecule has 0 N–H and O–H groups in total. The van der Waals surface area contributed by atoms with Crippen LogP contribution in [0.15, 0.2) is 23.1 Å². The van der Waals surface area contributed by atoms with Crippen LogP contribution in [0.2, 0.25) is 0 Å². The van der Waals surface area contributed by atoms with Crippen molar-refractivity contribution in [2.75, 3.05) is 53.1 Å². The number of hydrogen-bond acceptors (Lipinski definition) is 6. The van der Waals surface area contributed by atoms with Crippen molar-refractivity contribution < 1.29 is 23.8 Å². The molecule has 8 nitrogen and oxygen atoms in total. The lowest BCUT2D eigenvalue weighted by Gasteiger charge is -2.44. The summed E-state index contributed by atoms with van der Waals surface area (Å²) in [5, 5.41) is 0. The first-order valence-electron chi connectivity index (χ1n) is 13.1. The topological polar surface area (TPSA) is 71.6 Å². The Kier molecular flexibility index (Phi) is 6.89. The van der Waals surface area contributed by atoms with Gasteiger partial charge in [-0.15, -0.1) is 0 Å². The molecule has 0 aromatic heterocycles. The largest absolute Gasteiger partial charge is 0.501 e. The maximum atomic E-state index is 14.0. The molecule has 0 atom stereocenters. The molecule has 0 aromatic rings. The van der Waals surface area contributed by atoms with Gasteiger partial charge in [0.25, 0.3) is 0 Å². The summed E-state index contributed by atoms with van der Waals surface area (Å²) in [6, 6.07) is 0.746. The van der Waals surface area contributed by atoms with Crippen LogP contribution in [0.4, 0.5) is 4.79 Å². The van der Waals surface area contributed by atoms with Gasteiger partial charge in [0.15, 0.2) is 0 Å². The van der Waals surface area contributed by atoms with Gasteiger partial charge in [-0.1, -0.05) is 0 Å². The van der Waals surface area contributed by atoms with Crippen LogP contribution in [0, 0.1) is 5.41 Å². The monoisotopic (exact) mass is 473 g/mol. The molecular formula is C26H39N3O5. The fourth-order valence-corrected chi connectivity index (χ4v) is 6.75. The molecule has 0 radical (unpaired) electrons. The minimum Gasteiger partial charge on any atom is -0.501 e. The zero-order valence-corrected chi connectivity index (χ0v) is 20.7. The van der Waals surface area contributed by atoms with Crippen molar-refractivity contribution in [3.8, 4) is 0 Å². The molecule has 8 heteroatoms. The van der Waals surface area contributed by atoms with E-state index in [9.17, 15) is 9.59 Å². The Morgan fingerprint density at radius 3 is 2.38 bits per heavy atom. The quantitative estimate of drug-likeness (QED) is 0.624. The number of fused-ring (bicyclic) bond motifs is 1. The summed E-state index contributed by atoms with van der Waals surface area (Å²) in [5.74, 6) is 1.28. The Morgan fingerprint density at radius 2 is 1.74 bits per heavy atom. The van der Waals surface area contributed by atoms with E-state index < -0.39 is 0 Å². The van der Waals surface area contributed by atoms with Crippen molar-refractivity contribution in [3.63, 3.8) is 0 Å². The van der Waals surface area contributed by atoms with E-state index in [4.69, 9.17) is 14.2 Å². The number of piperidine rings is 2. The molecular weight excluding hydrogens is 434 g/mol.